The van der Waals surface area contributed by atoms with E-state index >= 15 is 0 Å². The van der Waals surface area contributed by atoms with Crippen LogP contribution in [0.1, 0.15) is 56.2 Å². The molecule has 0 radical (unpaired) electrons. The van der Waals surface area contributed by atoms with Gasteiger partial charge in [0.05, 0.1) is 11.2 Å². The zero-order chi connectivity index (χ0) is 27.3. The summed E-state index contributed by atoms with van der Waals surface area (Å²) in [4.78, 5) is 0. The fraction of sp³-hybridized carbons (Fsp3) is 0.216. The molecule has 0 N–H and O–H groups in total. The summed E-state index contributed by atoms with van der Waals surface area (Å²) >= 11 is 0. The number of pyridine rings is 1. The highest BCUT2D eigenvalue weighted by Crippen LogP contribution is 2.42. The third kappa shape index (κ3) is 4.25. The summed E-state index contributed by atoms with van der Waals surface area (Å²) in [5.41, 5.74) is 11.7. The normalized spacial score (nSPS) is 11.8. The van der Waals surface area contributed by atoms with Crippen LogP contribution in [0.25, 0.3) is 49.9 Å². The molecule has 0 amide bonds. The third-order valence-electron chi connectivity index (χ3n) is 8.11. The predicted octanol–water partition coefficient (Wildman–Crippen LogP) is 9.50. The summed E-state index contributed by atoms with van der Waals surface area (Å²) in [7, 11) is 2.18. The molecule has 0 saturated heterocycles. The van der Waals surface area contributed by atoms with Crippen LogP contribution in [-0.2, 0) is 7.05 Å². The molecule has 6 aromatic rings. The van der Waals surface area contributed by atoms with Crippen molar-refractivity contribution in [1.29, 1.82) is 0 Å². The van der Waals surface area contributed by atoms with Gasteiger partial charge in [0.25, 0.3) is 0 Å². The van der Waals surface area contributed by atoms with Gasteiger partial charge in [0, 0.05) is 16.8 Å². The molecule has 0 aliphatic rings. The van der Waals surface area contributed by atoms with Crippen LogP contribution in [0.2, 0.25) is 0 Å². The topological polar surface area (TPSA) is 8.81 Å². The van der Waals surface area contributed by atoms with Crippen LogP contribution in [0.3, 0.4) is 0 Å². The lowest BCUT2D eigenvalue weighted by molar-refractivity contribution is -0.659. The Hall–Kier alpha value is -4.17. The van der Waals surface area contributed by atoms with Crippen molar-refractivity contribution in [2.75, 3.05) is 0 Å². The Morgan fingerprint density at radius 1 is 0.641 bits per heavy atom. The molecule has 0 fully saturated rings. The SMILES string of the molecule is Cc1c(-c2cc3ccccc3c[n+]2C)n(-c2c(C(C)C)cc(-c3ccccc3)cc2C(C)C)c2ccccc12. The average molecular weight is 510 g/mol. The number of benzene rings is 4. The van der Waals surface area contributed by atoms with Gasteiger partial charge in [0.2, 0.25) is 5.69 Å². The number of aryl methyl sites for hydroxylation is 2. The van der Waals surface area contributed by atoms with E-state index in [0.717, 1.165) is 0 Å². The van der Waals surface area contributed by atoms with Gasteiger partial charge in [-0.15, -0.1) is 0 Å². The Bertz CT molecular complexity index is 1790. The zero-order valence-corrected chi connectivity index (χ0v) is 23.9. The molecule has 6 rings (SSSR count). The van der Waals surface area contributed by atoms with Gasteiger partial charge < -0.3 is 4.57 Å². The highest BCUT2D eigenvalue weighted by atomic mass is 15.0. The molecule has 194 valence electrons. The van der Waals surface area contributed by atoms with Crippen LogP contribution in [0.5, 0.6) is 0 Å². The lowest BCUT2D eigenvalue weighted by Gasteiger charge is -2.24. The zero-order valence-electron chi connectivity index (χ0n) is 23.9. The van der Waals surface area contributed by atoms with Crippen molar-refractivity contribution in [3.8, 4) is 28.2 Å². The van der Waals surface area contributed by atoms with Gasteiger partial charge in [0.15, 0.2) is 6.20 Å². The highest BCUT2D eigenvalue weighted by Gasteiger charge is 2.27. The second-order valence-corrected chi connectivity index (χ2v) is 11.4. The quantitative estimate of drug-likeness (QED) is 0.205. The molecule has 2 heteroatoms. The van der Waals surface area contributed by atoms with Gasteiger partial charge >= 0.3 is 0 Å². The first-order chi connectivity index (χ1) is 18.8. The van der Waals surface area contributed by atoms with Crippen LogP contribution < -0.4 is 4.57 Å². The Morgan fingerprint density at radius 3 is 1.90 bits per heavy atom. The molecule has 0 spiro atoms. The van der Waals surface area contributed by atoms with Gasteiger partial charge in [-0.05, 0) is 76.2 Å². The monoisotopic (exact) mass is 509 g/mol. The first-order valence-corrected chi connectivity index (χ1v) is 14.1. The van der Waals surface area contributed by atoms with Crippen molar-refractivity contribution in [3.63, 3.8) is 0 Å². The average Bonchev–Trinajstić information content (AvgIpc) is 3.24. The number of fused-ring (bicyclic) bond motifs is 2. The summed E-state index contributed by atoms with van der Waals surface area (Å²) in [6.45, 7) is 11.6. The van der Waals surface area contributed by atoms with Crippen LogP contribution in [0.15, 0.2) is 103 Å². The maximum Gasteiger partial charge on any atom is 0.230 e. The predicted molar refractivity (Wildman–Crippen MR) is 166 cm³/mol. The Kier molecular flexibility index (Phi) is 6.35. The van der Waals surface area contributed by atoms with Gasteiger partial charge in [-0.25, -0.2) is 0 Å². The third-order valence-corrected chi connectivity index (χ3v) is 8.11. The molecule has 0 unspecified atom stereocenters. The fourth-order valence-corrected chi connectivity index (χ4v) is 6.08. The minimum Gasteiger partial charge on any atom is -0.303 e. The molecule has 2 aromatic heterocycles. The second kappa shape index (κ2) is 9.85. The van der Waals surface area contributed by atoms with Gasteiger partial charge in [0.1, 0.15) is 12.7 Å². The van der Waals surface area contributed by atoms with Gasteiger partial charge in [-0.3, -0.25) is 0 Å². The van der Waals surface area contributed by atoms with E-state index < -0.39 is 0 Å². The molecule has 0 aliphatic heterocycles. The Morgan fingerprint density at radius 2 is 1.23 bits per heavy atom. The van der Waals surface area contributed by atoms with Crippen molar-refractivity contribution in [2.45, 2.75) is 46.5 Å². The van der Waals surface area contributed by atoms with E-state index in [0.29, 0.717) is 11.8 Å². The molecular weight excluding hydrogens is 472 g/mol. The lowest BCUT2D eigenvalue weighted by atomic mass is 9.88. The minimum atomic E-state index is 0.362. The molecule has 0 saturated carbocycles. The summed E-state index contributed by atoms with van der Waals surface area (Å²) in [5.74, 6) is 0.724. The van der Waals surface area contributed by atoms with E-state index in [4.69, 9.17) is 0 Å². The summed E-state index contributed by atoms with van der Waals surface area (Å²) in [5, 5.41) is 3.81. The molecule has 0 aliphatic carbocycles. The number of nitrogens with zero attached hydrogens (tertiary/aromatic N) is 2. The second-order valence-electron chi connectivity index (χ2n) is 11.4. The fourth-order valence-electron chi connectivity index (χ4n) is 6.08. The number of hydrogen-bond donors (Lipinski definition) is 0. The lowest BCUT2D eigenvalue weighted by Crippen LogP contribution is -2.31. The van der Waals surface area contributed by atoms with E-state index in [1.54, 1.807) is 0 Å². The molecule has 0 atom stereocenters. The van der Waals surface area contributed by atoms with Crippen LogP contribution >= 0.6 is 0 Å². The Balaban J connectivity index is 1.75. The van der Waals surface area contributed by atoms with Gasteiger partial charge in [-0.1, -0.05) is 94.4 Å². The van der Waals surface area contributed by atoms with Crippen molar-refractivity contribution < 1.29 is 4.57 Å². The largest absolute Gasteiger partial charge is 0.303 e. The van der Waals surface area contributed by atoms with E-state index in [9.17, 15) is 0 Å². The summed E-state index contributed by atoms with van der Waals surface area (Å²) in [6.07, 6.45) is 2.26. The molecule has 2 nitrogen and oxygen atoms in total. The molecule has 2 heterocycles. The molecule has 39 heavy (non-hydrogen) atoms. The maximum absolute atomic E-state index is 2.56. The number of para-hydroxylation sites is 1. The van der Waals surface area contributed by atoms with Crippen molar-refractivity contribution in [1.82, 2.24) is 4.57 Å². The molecule has 4 aromatic carbocycles. The van der Waals surface area contributed by atoms with Crippen molar-refractivity contribution in [3.05, 3.63) is 120 Å². The smallest absolute Gasteiger partial charge is 0.230 e. The first-order valence-electron chi connectivity index (χ1n) is 14.1. The number of hydrogen-bond acceptors (Lipinski definition) is 0. The first kappa shape index (κ1) is 25.1. The number of aromatic nitrogens is 2. The number of rotatable bonds is 5. The van der Waals surface area contributed by atoms with Crippen LogP contribution in [0.4, 0.5) is 0 Å². The van der Waals surface area contributed by atoms with E-state index in [1.807, 2.05) is 0 Å². The van der Waals surface area contributed by atoms with E-state index in [1.165, 1.54) is 66.6 Å². The standard InChI is InChI=1S/C37H37N2/c1-24(2)32-20-30(27-14-8-7-9-15-27)21-33(25(3)4)37(32)39-34-19-13-12-18-31(34)26(5)36(39)35-22-28-16-10-11-17-29(28)23-38(35)6/h7-25H,1-6H3/q+1. The van der Waals surface area contributed by atoms with Crippen molar-refractivity contribution >= 4 is 21.7 Å². The minimum absolute atomic E-state index is 0.362. The highest BCUT2D eigenvalue weighted by molar-refractivity contribution is 5.94. The van der Waals surface area contributed by atoms with E-state index in [-0.39, 0.29) is 0 Å². The van der Waals surface area contributed by atoms with Crippen LogP contribution in [0, 0.1) is 6.92 Å². The van der Waals surface area contributed by atoms with Gasteiger partial charge in [-0.2, -0.15) is 4.57 Å². The summed E-state index contributed by atoms with van der Waals surface area (Å²) < 4.78 is 4.86. The maximum atomic E-state index is 2.56. The van der Waals surface area contributed by atoms with E-state index in [2.05, 4.69) is 154 Å². The van der Waals surface area contributed by atoms with Crippen molar-refractivity contribution in [2.24, 2.45) is 7.05 Å². The Labute approximate surface area is 232 Å². The molecule has 0 bridgehead atoms. The van der Waals surface area contributed by atoms with Crippen LogP contribution in [-0.4, -0.2) is 4.57 Å². The molecular formula is C37H37N2+. The summed E-state index contributed by atoms with van der Waals surface area (Å²) in [6, 6.07) is 35.6.